The summed E-state index contributed by atoms with van der Waals surface area (Å²) in [6, 6.07) is 2.15. The van der Waals surface area contributed by atoms with Gasteiger partial charge < -0.3 is 14.9 Å². The first kappa shape index (κ1) is 12.8. The third-order valence-corrected chi connectivity index (χ3v) is 2.04. The van der Waals surface area contributed by atoms with Crippen LogP contribution in [0.2, 0.25) is 0 Å². The van der Waals surface area contributed by atoms with Crippen molar-refractivity contribution in [3.05, 3.63) is 23.3 Å². The van der Waals surface area contributed by atoms with Crippen molar-refractivity contribution in [3.63, 3.8) is 0 Å². The van der Waals surface area contributed by atoms with Crippen LogP contribution in [0.5, 0.6) is 5.75 Å². The van der Waals surface area contributed by atoms with Crippen molar-refractivity contribution in [3.8, 4) is 5.75 Å². The second kappa shape index (κ2) is 5.20. The minimum atomic E-state index is -1.26. The van der Waals surface area contributed by atoms with E-state index in [1.165, 1.54) is 7.11 Å². The summed E-state index contributed by atoms with van der Waals surface area (Å²) in [7, 11) is 1.25. The zero-order valence-electron chi connectivity index (χ0n) is 8.63. The number of aliphatic imine (C=N–C) groups is 1. The van der Waals surface area contributed by atoms with E-state index in [4.69, 9.17) is 14.9 Å². The first-order valence-electron chi connectivity index (χ1n) is 4.27. The third kappa shape index (κ3) is 2.66. The number of carboxylic acid groups (broad SMARTS) is 2. The SMILES string of the molecule is COc1cc(C(=O)O)c(N=C=S)cc1C(=O)O. The van der Waals surface area contributed by atoms with E-state index < -0.39 is 11.9 Å². The predicted octanol–water partition coefficient (Wildman–Crippen LogP) is 1.83. The minimum Gasteiger partial charge on any atom is -0.496 e. The van der Waals surface area contributed by atoms with Gasteiger partial charge in [-0.2, -0.15) is 4.99 Å². The van der Waals surface area contributed by atoms with Gasteiger partial charge in [-0.25, -0.2) is 9.59 Å². The van der Waals surface area contributed by atoms with Gasteiger partial charge in [0.15, 0.2) is 0 Å². The smallest absolute Gasteiger partial charge is 0.339 e. The molecule has 2 N–H and O–H groups in total. The number of hydrogen-bond donors (Lipinski definition) is 2. The highest BCUT2D eigenvalue weighted by Crippen LogP contribution is 2.29. The van der Waals surface area contributed by atoms with Crippen molar-refractivity contribution in [1.29, 1.82) is 0 Å². The molecule has 7 heteroatoms. The minimum absolute atomic E-state index is 0.0572. The lowest BCUT2D eigenvalue weighted by atomic mass is 10.1. The molecule has 0 radical (unpaired) electrons. The van der Waals surface area contributed by atoms with Crippen LogP contribution in [0.25, 0.3) is 0 Å². The number of isothiocyanates is 1. The van der Waals surface area contributed by atoms with E-state index in [1.807, 2.05) is 5.16 Å². The quantitative estimate of drug-likeness (QED) is 0.627. The standard InChI is InChI=1S/C10H7NO5S/c1-16-8-3-5(9(12)13)7(11-4-17)2-6(8)10(14)15/h2-3H,1H3,(H,12,13)(H,14,15). The summed E-state index contributed by atoms with van der Waals surface area (Å²) in [6.45, 7) is 0. The highest BCUT2D eigenvalue weighted by molar-refractivity contribution is 7.78. The number of thiocarbonyl (C=S) groups is 1. The van der Waals surface area contributed by atoms with E-state index in [-0.39, 0.29) is 22.6 Å². The van der Waals surface area contributed by atoms with E-state index in [9.17, 15) is 9.59 Å². The second-order valence-corrected chi connectivity index (χ2v) is 3.07. The molecule has 0 aliphatic rings. The molecule has 0 saturated carbocycles. The topological polar surface area (TPSA) is 96.2 Å². The van der Waals surface area contributed by atoms with Crippen LogP contribution in [0, 0.1) is 0 Å². The molecule has 1 aromatic rings. The van der Waals surface area contributed by atoms with Crippen LogP contribution in [0.15, 0.2) is 17.1 Å². The number of nitrogens with zero attached hydrogens (tertiary/aromatic N) is 1. The molecule has 0 unspecified atom stereocenters. The fourth-order valence-electron chi connectivity index (χ4n) is 1.22. The molecule has 0 saturated heterocycles. The van der Waals surface area contributed by atoms with Crippen LogP contribution in [0.3, 0.4) is 0 Å². The molecular weight excluding hydrogens is 246 g/mol. The third-order valence-electron chi connectivity index (χ3n) is 1.94. The molecule has 0 heterocycles. The second-order valence-electron chi connectivity index (χ2n) is 2.88. The van der Waals surface area contributed by atoms with E-state index >= 15 is 0 Å². The van der Waals surface area contributed by atoms with Crippen molar-refractivity contribution in [1.82, 2.24) is 0 Å². The molecule has 0 atom stereocenters. The Labute approximate surface area is 101 Å². The van der Waals surface area contributed by atoms with E-state index in [2.05, 4.69) is 17.2 Å². The van der Waals surface area contributed by atoms with E-state index in [0.717, 1.165) is 12.1 Å². The predicted molar refractivity (Wildman–Crippen MR) is 61.6 cm³/mol. The number of benzene rings is 1. The summed E-state index contributed by atoms with van der Waals surface area (Å²) in [5.74, 6) is -2.57. The molecule has 0 aliphatic carbocycles. The number of carboxylic acids is 2. The molecule has 0 fully saturated rings. The van der Waals surface area contributed by atoms with Gasteiger partial charge in [0, 0.05) is 0 Å². The van der Waals surface area contributed by atoms with Crippen LogP contribution in [-0.4, -0.2) is 34.4 Å². The lowest BCUT2D eigenvalue weighted by molar-refractivity contribution is 0.0678. The van der Waals surface area contributed by atoms with Crippen LogP contribution in [-0.2, 0) is 0 Å². The maximum absolute atomic E-state index is 10.9. The zero-order chi connectivity index (χ0) is 13.0. The van der Waals surface area contributed by atoms with Crippen molar-refractivity contribution in [2.75, 3.05) is 7.11 Å². The Hall–Kier alpha value is -2.24. The van der Waals surface area contributed by atoms with Crippen LogP contribution in [0.4, 0.5) is 5.69 Å². The van der Waals surface area contributed by atoms with Gasteiger partial charge in [0.1, 0.15) is 11.3 Å². The molecule has 1 rings (SSSR count). The first-order valence-corrected chi connectivity index (χ1v) is 4.68. The zero-order valence-corrected chi connectivity index (χ0v) is 9.45. The van der Waals surface area contributed by atoms with Gasteiger partial charge in [0.05, 0.1) is 23.5 Å². The Morgan fingerprint density at radius 2 is 1.88 bits per heavy atom. The van der Waals surface area contributed by atoms with Crippen molar-refractivity contribution >= 4 is 35.0 Å². The number of aromatic carboxylic acids is 2. The summed E-state index contributed by atoms with van der Waals surface area (Å²) < 4.78 is 4.80. The molecule has 88 valence electrons. The number of rotatable bonds is 4. The maximum atomic E-state index is 10.9. The lowest BCUT2D eigenvalue weighted by Gasteiger charge is -2.07. The monoisotopic (exact) mass is 253 g/mol. The number of methoxy groups -OCH3 is 1. The van der Waals surface area contributed by atoms with Crippen LogP contribution < -0.4 is 4.74 Å². The van der Waals surface area contributed by atoms with Gasteiger partial charge >= 0.3 is 11.9 Å². The summed E-state index contributed by atoms with van der Waals surface area (Å²) in [5, 5.41) is 19.8. The fourth-order valence-corrected chi connectivity index (χ4v) is 1.32. The van der Waals surface area contributed by atoms with Gasteiger partial charge in [-0.15, -0.1) is 0 Å². The summed E-state index contributed by atoms with van der Waals surface area (Å²) >= 11 is 4.36. The Morgan fingerprint density at radius 3 is 2.29 bits per heavy atom. The molecule has 0 aromatic heterocycles. The number of ether oxygens (including phenoxy) is 1. The Morgan fingerprint density at radius 1 is 1.29 bits per heavy atom. The lowest BCUT2D eigenvalue weighted by Crippen LogP contribution is -2.04. The molecule has 17 heavy (non-hydrogen) atoms. The average molecular weight is 253 g/mol. The van der Waals surface area contributed by atoms with Crippen LogP contribution in [0.1, 0.15) is 20.7 Å². The highest BCUT2D eigenvalue weighted by Gasteiger charge is 2.18. The fraction of sp³-hybridized carbons (Fsp3) is 0.100. The Kier molecular flexibility index (Phi) is 3.92. The normalized spacial score (nSPS) is 9.24. The van der Waals surface area contributed by atoms with Gasteiger partial charge in [-0.3, -0.25) is 0 Å². The summed E-state index contributed by atoms with van der Waals surface area (Å²) in [4.78, 5) is 25.3. The van der Waals surface area contributed by atoms with Crippen LogP contribution >= 0.6 is 12.2 Å². The molecule has 0 spiro atoms. The number of hydrogen-bond acceptors (Lipinski definition) is 5. The summed E-state index contributed by atoms with van der Waals surface area (Å²) in [6.07, 6.45) is 0. The van der Waals surface area contributed by atoms with Crippen molar-refractivity contribution < 1.29 is 24.5 Å². The molecule has 6 nitrogen and oxygen atoms in total. The summed E-state index contributed by atoms with van der Waals surface area (Å²) in [5.41, 5.74) is -0.476. The Balaban J connectivity index is 3.58. The molecule has 0 amide bonds. The Bertz CT molecular complexity index is 534. The van der Waals surface area contributed by atoms with Gasteiger partial charge in [0.2, 0.25) is 0 Å². The van der Waals surface area contributed by atoms with Crippen molar-refractivity contribution in [2.24, 2.45) is 4.99 Å². The largest absolute Gasteiger partial charge is 0.496 e. The van der Waals surface area contributed by atoms with Gasteiger partial charge in [0.25, 0.3) is 0 Å². The molecular formula is C10H7NO5S. The van der Waals surface area contributed by atoms with Crippen molar-refractivity contribution in [2.45, 2.75) is 0 Å². The van der Waals surface area contributed by atoms with E-state index in [1.54, 1.807) is 0 Å². The number of carbonyl (C=O) groups is 2. The van der Waals surface area contributed by atoms with Gasteiger partial charge in [-0.1, -0.05) is 0 Å². The molecule has 1 aromatic carbocycles. The molecule has 0 bridgehead atoms. The van der Waals surface area contributed by atoms with Gasteiger partial charge in [-0.05, 0) is 24.4 Å². The average Bonchev–Trinajstić information content (AvgIpc) is 2.28. The van der Waals surface area contributed by atoms with E-state index in [0.29, 0.717) is 0 Å². The highest BCUT2D eigenvalue weighted by atomic mass is 32.1. The molecule has 0 aliphatic heterocycles. The maximum Gasteiger partial charge on any atom is 0.339 e. The first-order chi connectivity index (χ1) is 8.01.